The molecule has 0 unspecified atom stereocenters. The van der Waals surface area contributed by atoms with E-state index in [1.807, 2.05) is 54.6 Å². The highest BCUT2D eigenvalue weighted by Gasteiger charge is 2.06. The Kier molecular flexibility index (Phi) is 6.30. The van der Waals surface area contributed by atoms with E-state index in [0.29, 0.717) is 24.9 Å². The summed E-state index contributed by atoms with van der Waals surface area (Å²) in [5, 5.41) is 5.76. The van der Waals surface area contributed by atoms with Crippen molar-refractivity contribution in [3.63, 3.8) is 0 Å². The first-order chi connectivity index (χ1) is 13.2. The number of rotatable bonds is 7. The van der Waals surface area contributed by atoms with Crippen molar-refractivity contribution in [3.05, 3.63) is 95.8 Å². The van der Waals surface area contributed by atoms with Gasteiger partial charge in [0.25, 0.3) is 5.91 Å². The van der Waals surface area contributed by atoms with Crippen LogP contribution in [0.15, 0.2) is 79.1 Å². The summed E-state index contributed by atoms with van der Waals surface area (Å²) in [5.41, 5.74) is 3.29. The second kappa shape index (κ2) is 9.29. The van der Waals surface area contributed by atoms with Gasteiger partial charge in [0.2, 0.25) is 5.91 Å². The van der Waals surface area contributed by atoms with E-state index >= 15 is 0 Å². The molecular formula is C22H21N3O2. The third-order valence-electron chi connectivity index (χ3n) is 4.07. The molecule has 136 valence electrons. The third kappa shape index (κ3) is 5.78. The number of amides is 2. The van der Waals surface area contributed by atoms with Gasteiger partial charge < -0.3 is 10.6 Å². The number of nitrogens with zero attached hydrogens (tertiary/aromatic N) is 1. The molecule has 2 N–H and O–H groups in total. The molecule has 3 rings (SSSR count). The summed E-state index contributed by atoms with van der Waals surface area (Å²) in [4.78, 5) is 28.2. The number of aromatic nitrogens is 1. The summed E-state index contributed by atoms with van der Waals surface area (Å²) < 4.78 is 0. The van der Waals surface area contributed by atoms with E-state index in [1.165, 1.54) is 6.20 Å². The number of anilines is 1. The minimum atomic E-state index is -0.180. The lowest BCUT2D eigenvalue weighted by molar-refractivity contribution is -0.116. The van der Waals surface area contributed by atoms with Crippen LogP contribution in [-0.2, 0) is 17.8 Å². The predicted octanol–water partition coefficient (Wildman–Crippen LogP) is 3.58. The number of aryl methyl sites for hydroxylation is 1. The molecule has 0 bridgehead atoms. The van der Waals surface area contributed by atoms with Gasteiger partial charge >= 0.3 is 0 Å². The standard InChI is InChI=1S/C22H21N3O2/c26-21(12-11-17-6-2-1-3-7-17)25-20-10-4-8-18(14-20)15-24-22(27)19-9-5-13-23-16-19/h1-10,13-14,16H,11-12,15H2,(H,24,27)(H,25,26). The largest absolute Gasteiger partial charge is 0.348 e. The minimum absolute atomic E-state index is 0.0320. The fraction of sp³-hybridized carbons (Fsp3) is 0.136. The summed E-state index contributed by atoms with van der Waals surface area (Å²) >= 11 is 0. The number of pyridine rings is 1. The van der Waals surface area contributed by atoms with E-state index < -0.39 is 0 Å². The molecule has 0 radical (unpaired) electrons. The highest BCUT2D eigenvalue weighted by molar-refractivity contribution is 5.94. The lowest BCUT2D eigenvalue weighted by atomic mass is 10.1. The Morgan fingerprint density at radius 2 is 1.70 bits per heavy atom. The van der Waals surface area contributed by atoms with E-state index in [4.69, 9.17) is 0 Å². The first kappa shape index (κ1) is 18.3. The van der Waals surface area contributed by atoms with Gasteiger partial charge in [0.15, 0.2) is 0 Å². The Morgan fingerprint density at radius 3 is 2.48 bits per heavy atom. The Morgan fingerprint density at radius 1 is 0.889 bits per heavy atom. The Balaban J connectivity index is 1.51. The molecule has 27 heavy (non-hydrogen) atoms. The van der Waals surface area contributed by atoms with Gasteiger partial charge in [-0.15, -0.1) is 0 Å². The minimum Gasteiger partial charge on any atom is -0.348 e. The number of hydrogen-bond donors (Lipinski definition) is 2. The van der Waals surface area contributed by atoms with Gasteiger partial charge in [0.05, 0.1) is 5.56 Å². The van der Waals surface area contributed by atoms with Crippen molar-refractivity contribution in [1.29, 1.82) is 0 Å². The fourth-order valence-electron chi connectivity index (χ4n) is 2.67. The van der Waals surface area contributed by atoms with Crippen molar-refractivity contribution in [2.24, 2.45) is 0 Å². The molecule has 0 saturated carbocycles. The maximum absolute atomic E-state index is 12.2. The molecule has 1 heterocycles. The topological polar surface area (TPSA) is 71.1 Å². The molecule has 0 saturated heterocycles. The van der Waals surface area contributed by atoms with E-state index in [2.05, 4.69) is 15.6 Å². The van der Waals surface area contributed by atoms with Crippen LogP contribution in [0.25, 0.3) is 0 Å². The molecule has 0 aliphatic heterocycles. The second-order valence-electron chi connectivity index (χ2n) is 6.16. The van der Waals surface area contributed by atoms with Crippen molar-refractivity contribution in [3.8, 4) is 0 Å². The number of carbonyl (C=O) groups is 2. The summed E-state index contributed by atoms with van der Waals surface area (Å²) in [6, 6.07) is 20.8. The first-order valence-corrected chi connectivity index (χ1v) is 8.81. The molecule has 2 aromatic carbocycles. The van der Waals surface area contributed by atoms with Crippen molar-refractivity contribution >= 4 is 17.5 Å². The fourth-order valence-corrected chi connectivity index (χ4v) is 2.67. The van der Waals surface area contributed by atoms with Gasteiger partial charge in [-0.2, -0.15) is 0 Å². The van der Waals surface area contributed by atoms with Crippen LogP contribution in [0.1, 0.15) is 27.9 Å². The first-order valence-electron chi connectivity index (χ1n) is 8.81. The van der Waals surface area contributed by atoms with Gasteiger partial charge in [0, 0.05) is 31.0 Å². The van der Waals surface area contributed by atoms with Crippen LogP contribution in [0.3, 0.4) is 0 Å². The summed E-state index contributed by atoms with van der Waals surface area (Å²) in [5.74, 6) is -0.212. The van der Waals surface area contributed by atoms with Crippen LogP contribution in [0, 0.1) is 0 Å². The van der Waals surface area contributed by atoms with Crippen LogP contribution in [0.4, 0.5) is 5.69 Å². The van der Waals surface area contributed by atoms with Crippen molar-refractivity contribution < 1.29 is 9.59 Å². The quantitative estimate of drug-likeness (QED) is 0.677. The molecule has 0 atom stereocenters. The zero-order valence-corrected chi connectivity index (χ0v) is 14.9. The molecular weight excluding hydrogens is 338 g/mol. The SMILES string of the molecule is O=C(CCc1ccccc1)Nc1cccc(CNC(=O)c2cccnc2)c1. The molecule has 0 spiro atoms. The number of hydrogen-bond acceptors (Lipinski definition) is 3. The summed E-state index contributed by atoms with van der Waals surface area (Å²) in [6.45, 7) is 0.376. The maximum atomic E-state index is 12.2. The molecule has 5 heteroatoms. The lowest BCUT2D eigenvalue weighted by Crippen LogP contribution is -2.23. The van der Waals surface area contributed by atoms with Crippen LogP contribution in [0.2, 0.25) is 0 Å². The number of carbonyl (C=O) groups excluding carboxylic acids is 2. The molecule has 5 nitrogen and oxygen atoms in total. The van der Waals surface area contributed by atoms with E-state index in [1.54, 1.807) is 18.3 Å². The number of benzene rings is 2. The Bertz CT molecular complexity index is 896. The highest BCUT2D eigenvalue weighted by Crippen LogP contribution is 2.12. The smallest absolute Gasteiger partial charge is 0.253 e. The molecule has 1 aromatic heterocycles. The van der Waals surface area contributed by atoms with Crippen LogP contribution in [-0.4, -0.2) is 16.8 Å². The molecule has 3 aromatic rings. The summed E-state index contributed by atoms with van der Waals surface area (Å²) in [7, 11) is 0. The lowest BCUT2D eigenvalue weighted by Gasteiger charge is -2.09. The average molecular weight is 359 g/mol. The normalized spacial score (nSPS) is 10.2. The summed E-state index contributed by atoms with van der Waals surface area (Å²) in [6.07, 6.45) is 4.28. The van der Waals surface area contributed by atoms with Gasteiger partial charge in [0.1, 0.15) is 0 Å². The number of nitrogens with one attached hydrogen (secondary N) is 2. The zero-order valence-electron chi connectivity index (χ0n) is 14.9. The molecule has 0 fully saturated rings. The molecule has 0 aliphatic rings. The van der Waals surface area contributed by atoms with E-state index in [9.17, 15) is 9.59 Å². The van der Waals surface area contributed by atoms with Crippen LogP contribution >= 0.6 is 0 Å². The van der Waals surface area contributed by atoms with E-state index in [0.717, 1.165) is 16.8 Å². The van der Waals surface area contributed by atoms with Crippen LogP contribution < -0.4 is 10.6 Å². The van der Waals surface area contributed by atoms with Gasteiger partial charge in [-0.05, 0) is 41.8 Å². The Hall–Kier alpha value is -3.47. The molecule has 2 amide bonds. The van der Waals surface area contributed by atoms with Crippen molar-refractivity contribution in [1.82, 2.24) is 10.3 Å². The average Bonchev–Trinajstić information content (AvgIpc) is 2.72. The maximum Gasteiger partial charge on any atom is 0.253 e. The van der Waals surface area contributed by atoms with Gasteiger partial charge in [-0.1, -0.05) is 42.5 Å². The zero-order chi connectivity index (χ0) is 18.9. The predicted molar refractivity (Wildman–Crippen MR) is 105 cm³/mol. The molecule has 0 aliphatic carbocycles. The highest BCUT2D eigenvalue weighted by atomic mass is 16.2. The van der Waals surface area contributed by atoms with E-state index in [-0.39, 0.29) is 11.8 Å². The third-order valence-corrected chi connectivity index (χ3v) is 4.07. The van der Waals surface area contributed by atoms with Crippen molar-refractivity contribution in [2.75, 3.05) is 5.32 Å². The Labute approximate surface area is 158 Å². The van der Waals surface area contributed by atoms with Gasteiger partial charge in [-0.25, -0.2) is 0 Å². The van der Waals surface area contributed by atoms with Crippen molar-refractivity contribution in [2.45, 2.75) is 19.4 Å². The second-order valence-corrected chi connectivity index (χ2v) is 6.16. The van der Waals surface area contributed by atoms with Gasteiger partial charge in [-0.3, -0.25) is 14.6 Å². The van der Waals surface area contributed by atoms with Crippen LogP contribution in [0.5, 0.6) is 0 Å². The monoisotopic (exact) mass is 359 g/mol.